The molecule has 17 heavy (non-hydrogen) atoms. The van der Waals surface area contributed by atoms with E-state index in [0.717, 1.165) is 37.5 Å². The summed E-state index contributed by atoms with van der Waals surface area (Å²) in [5.41, 5.74) is 0.463. The summed E-state index contributed by atoms with van der Waals surface area (Å²) in [7, 11) is 0. The van der Waals surface area contributed by atoms with E-state index in [9.17, 15) is 4.79 Å². The van der Waals surface area contributed by atoms with Crippen molar-refractivity contribution in [2.45, 2.75) is 78.1 Å². The van der Waals surface area contributed by atoms with E-state index in [1.807, 2.05) is 0 Å². The smallest absolute Gasteiger partial charge is 0.132 e. The molecule has 0 aromatic carbocycles. The van der Waals surface area contributed by atoms with E-state index in [1.165, 1.54) is 38.5 Å². The molecule has 0 bridgehead atoms. The molecule has 1 nitrogen and oxygen atoms in total. The van der Waals surface area contributed by atoms with Crippen LogP contribution >= 0.6 is 0 Å². The minimum atomic E-state index is 0.463. The maximum atomic E-state index is 11.5. The zero-order valence-electron chi connectivity index (χ0n) is 11.6. The lowest BCUT2D eigenvalue weighted by Crippen LogP contribution is -2.33. The van der Waals surface area contributed by atoms with Gasteiger partial charge in [0.2, 0.25) is 0 Å². The molecule has 0 aromatic heterocycles. The van der Waals surface area contributed by atoms with Crippen LogP contribution in [0.3, 0.4) is 0 Å². The largest absolute Gasteiger partial charge is 0.300 e. The van der Waals surface area contributed by atoms with Crippen LogP contribution in [0.4, 0.5) is 0 Å². The zero-order valence-corrected chi connectivity index (χ0v) is 11.6. The zero-order chi connectivity index (χ0) is 12.3. The Balaban J connectivity index is 1.99. The Labute approximate surface area is 106 Å². The van der Waals surface area contributed by atoms with Crippen molar-refractivity contribution >= 4 is 5.78 Å². The molecule has 1 unspecified atom stereocenters. The average molecular weight is 236 g/mol. The van der Waals surface area contributed by atoms with Gasteiger partial charge in [0.1, 0.15) is 5.78 Å². The average Bonchev–Trinajstić information content (AvgIpc) is 2.55. The van der Waals surface area contributed by atoms with Crippen molar-refractivity contribution in [1.29, 1.82) is 0 Å². The third kappa shape index (κ3) is 3.11. The molecular formula is C16H28O. The second kappa shape index (κ2) is 5.54. The van der Waals surface area contributed by atoms with Crippen molar-refractivity contribution in [2.24, 2.45) is 17.3 Å². The molecule has 0 amide bonds. The highest BCUT2D eigenvalue weighted by molar-refractivity contribution is 5.78. The lowest BCUT2D eigenvalue weighted by Gasteiger charge is -2.43. The normalized spacial score (nSPS) is 29.1. The molecule has 1 atom stereocenters. The lowest BCUT2D eigenvalue weighted by atomic mass is 9.62. The van der Waals surface area contributed by atoms with Crippen LogP contribution in [0.25, 0.3) is 0 Å². The summed E-state index contributed by atoms with van der Waals surface area (Å²) >= 11 is 0. The summed E-state index contributed by atoms with van der Waals surface area (Å²) in [5.74, 6) is 2.21. The Morgan fingerprint density at radius 2 is 1.41 bits per heavy atom. The molecular weight excluding hydrogens is 208 g/mol. The van der Waals surface area contributed by atoms with Crippen LogP contribution < -0.4 is 0 Å². The van der Waals surface area contributed by atoms with Gasteiger partial charge >= 0.3 is 0 Å². The van der Waals surface area contributed by atoms with Gasteiger partial charge in [-0.25, -0.2) is 0 Å². The quantitative estimate of drug-likeness (QED) is 0.633. The number of hydrogen-bond donors (Lipinski definition) is 0. The van der Waals surface area contributed by atoms with Gasteiger partial charge in [-0.2, -0.15) is 0 Å². The van der Waals surface area contributed by atoms with Gasteiger partial charge in [0, 0.05) is 12.8 Å². The van der Waals surface area contributed by atoms with Gasteiger partial charge < -0.3 is 0 Å². The van der Waals surface area contributed by atoms with Gasteiger partial charge in [-0.1, -0.05) is 33.1 Å². The summed E-state index contributed by atoms with van der Waals surface area (Å²) in [6, 6.07) is 0. The molecule has 2 saturated carbocycles. The molecule has 2 fully saturated rings. The number of ketones is 1. The first-order chi connectivity index (χ1) is 8.10. The molecule has 98 valence electrons. The summed E-state index contributed by atoms with van der Waals surface area (Å²) in [5, 5.41) is 0. The van der Waals surface area contributed by atoms with Gasteiger partial charge in [0.15, 0.2) is 0 Å². The Hall–Kier alpha value is -0.330. The Morgan fingerprint density at radius 1 is 0.824 bits per heavy atom. The van der Waals surface area contributed by atoms with Crippen LogP contribution in [-0.2, 0) is 4.79 Å². The van der Waals surface area contributed by atoms with Crippen molar-refractivity contribution in [1.82, 2.24) is 0 Å². The molecule has 0 heterocycles. The number of hydrogen-bond acceptors (Lipinski definition) is 1. The molecule has 0 spiro atoms. The third-order valence-corrected chi connectivity index (χ3v) is 5.49. The van der Waals surface area contributed by atoms with Crippen LogP contribution in [0.2, 0.25) is 0 Å². The van der Waals surface area contributed by atoms with Crippen molar-refractivity contribution in [3.05, 3.63) is 0 Å². The molecule has 0 aromatic rings. The maximum absolute atomic E-state index is 11.5. The van der Waals surface area contributed by atoms with Crippen molar-refractivity contribution < 1.29 is 4.79 Å². The molecule has 0 aliphatic heterocycles. The third-order valence-electron chi connectivity index (χ3n) is 5.49. The fourth-order valence-corrected chi connectivity index (χ4v) is 4.07. The SMILES string of the molecule is CC(C)(C1CCCCC1)C1CCCC(=O)CC1. The molecule has 2 rings (SSSR count). The van der Waals surface area contributed by atoms with Crippen LogP contribution in [0, 0.1) is 17.3 Å². The summed E-state index contributed by atoms with van der Waals surface area (Å²) in [6.07, 6.45) is 12.4. The Kier molecular flexibility index (Phi) is 4.27. The minimum Gasteiger partial charge on any atom is -0.300 e. The second-order valence-electron chi connectivity index (χ2n) is 6.82. The number of carbonyl (C=O) groups excluding carboxylic acids is 1. The van der Waals surface area contributed by atoms with Gasteiger partial charge in [-0.15, -0.1) is 0 Å². The highest BCUT2D eigenvalue weighted by atomic mass is 16.1. The van der Waals surface area contributed by atoms with E-state index in [2.05, 4.69) is 13.8 Å². The van der Waals surface area contributed by atoms with Crippen LogP contribution in [0.1, 0.15) is 78.1 Å². The lowest BCUT2D eigenvalue weighted by molar-refractivity contribution is -0.119. The maximum Gasteiger partial charge on any atom is 0.132 e. The van der Waals surface area contributed by atoms with Gasteiger partial charge in [-0.3, -0.25) is 4.79 Å². The first kappa shape index (κ1) is 13.1. The predicted molar refractivity (Wildman–Crippen MR) is 71.9 cm³/mol. The van der Waals surface area contributed by atoms with Gasteiger partial charge in [0.05, 0.1) is 0 Å². The first-order valence-electron chi connectivity index (χ1n) is 7.62. The second-order valence-corrected chi connectivity index (χ2v) is 6.82. The van der Waals surface area contributed by atoms with Crippen LogP contribution in [-0.4, -0.2) is 5.78 Å². The highest BCUT2D eigenvalue weighted by Crippen LogP contribution is 2.47. The van der Waals surface area contributed by atoms with Crippen molar-refractivity contribution in [3.8, 4) is 0 Å². The van der Waals surface area contributed by atoms with E-state index < -0.39 is 0 Å². The first-order valence-corrected chi connectivity index (χ1v) is 7.62. The number of carbonyl (C=O) groups is 1. The van der Waals surface area contributed by atoms with Gasteiger partial charge in [0.25, 0.3) is 0 Å². The molecule has 2 aliphatic carbocycles. The fourth-order valence-electron chi connectivity index (χ4n) is 4.07. The molecule has 0 radical (unpaired) electrons. The van der Waals surface area contributed by atoms with E-state index in [-0.39, 0.29) is 0 Å². The Bertz CT molecular complexity index is 261. The van der Waals surface area contributed by atoms with Crippen molar-refractivity contribution in [2.75, 3.05) is 0 Å². The summed E-state index contributed by atoms with van der Waals surface area (Å²) in [6.45, 7) is 4.95. The molecule has 2 aliphatic rings. The topological polar surface area (TPSA) is 17.1 Å². The minimum absolute atomic E-state index is 0.463. The van der Waals surface area contributed by atoms with Gasteiger partial charge in [-0.05, 0) is 49.4 Å². The Morgan fingerprint density at radius 3 is 2.12 bits per heavy atom. The molecule has 1 heteroatoms. The standard InChI is InChI=1S/C16H28O/c1-16(2,13-7-4-3-5-8-13)14-9-6-10-15(17)12-11-14/h13-14H,3-12H2,1-2H3. The summed E-state index contributed by atoms with van der Waals surface area (Å²) in [4.78, 5) is 11.5. The fraction of sp³-hybridized carbons (Fsp3) is 0.938. The van der Waals surface area contributed by atoms with E-state index in [0.29, 0.717) is 11.2 Å². The van der Waals surface area contributed by atoms with E-state index in [1.54, 1.807) is 0 Å². The van der Waals surface area contributed by atoms with Crippen molar-refractivity contribution in [3.63, 3.8) is 0 Å². The van der Waals surface area contributed by atoms with Crippen LogP contribution in [0.15, 0.2) is 0 Å². The van der Waals surface area contributed by atoms with E-state index >= 15 is 0 Å². The molecule has 0 saturated heterocycles. The monoisotopic (exact) mass is 236 g/mol. The van der Waals surface area contributed by atoms with Crippen LogP contribution in [0.5, 0.6) is 0 Å². The summed E-state index contributed by atoms with van der Waals surface area (Å²) < 4.78 is 0. The van der Waals surface area contributed by atoms with E-state index in [4.69, 9.17) is 0 Å². The molecule has 0 N–H and O–H groups in total. The predicted octanol–water partition coefficient (Wildman–Crippen LogP) is 4.74. The number of Topliss-reactive ketones (excluding diaryl/α,β-unsaturated/α-hetero) is 1. The highest BCUT2D eigenvalue weighted by Gasteiger charge is 2.37. The number of rotatable bonds is 2.